The third-order valence-corrected chi connectivity index (χ3v) is 3.22. The van der Waals surface area contributed by atoms with Crippen LogP contribution in [0.25, 0.3) is 0 Å². The number of aliphatic carboxylic acids is 2. The smallest absolute Gasteiger partial charge is 0.309 e. The Morgan fingerprint density at radius 3 is 1.61 bits per heavy atom. The Labute approximate surface area is 109 Å². The van der Waals surface area contributed by atoms with Crippen molar-refractivity contribution in [3.05, 3.63) is 0 Å². The summed E-state index contributed by atoms with van der Waals surface area (Å²) in [6.07, 6.45) is 0. The van der Waals surface area contributed by atoms with Crippen LogP contribution in [-0.4, -0.2) is 39.5 Å². The van der Waals surface area contributed by atoms with Gasteiger partial charge in [0.25, 0.3) is 0 Å². The Hall–Kier alpha value is -1.18. The maximum atomic E-state index is 11.2. The number of rotatable bonds is 7. The third kappa shape index (κ3) is 3.94. The third-order valence-electron chi connectivity index (χ3n) is 2.88. The summed E-state index contributed by atoms with van der Waals surface area (Å²) in [5.74, 6) is -7.04. The first-order valence-corrected chi connectivity index (χ1v) is 5.65. The quantitative estimate of drug-likeness (QED) is 0.459. The largest absolute Gasteiger partial charge is 0.481 e. The van der Waals surface area contributed by atoms with Crippen molar-refractivity contribution < 1.29 is 24.6 Å². The number of nitrogens with two attached hydrogens (primary N) is 2. The number of carbonyl (C=O) groups excluding carboxylic acids is 1. The van der Waals surface area contributed by atoms with Crippen LogP contribution in [0.15, 0.2) is 0 Å². The van der Waals surface area contributed by atoms with E-state index in [9.17, 15) is 14.4 Å². The fraction of sp³-hybridized carbons (Fsp3) is 0.700. The normalized spacial score (nSPS) is 19.4. The lowest BCUT2D eigenvalue weighted by Gasteiger charge is -2.30. The Morgan fingerprint density at radius 2 is 1.39 bits per heavy atom. The van der Waals surface area contributed by atoms with E-state index in [1.54, 1.807) is 0 Å². The van der Waals surface area contributed by atoms with Gasteiger partial charge in [0.15, 0.2) is 0 Å². The summed E-state index contributed by atoms with van der Waals surface area (Å²) in [5.41, 5.74) is 11.1. The maximum absolute atomic E-state index is 11.2. The highest BCUT2D eigenvalue weighted by Gasteiger charge is 2.44. The summed E-state index contributed by atoms with van der Waals surface area (Å²) < 4.78 is 0. The number of halogens is 1. The Morgan fingerprint density at radius 1 is 1.00 bits per heavy atom. The fourth-order valence-electron chi connectivity index (χ4n) is 1.70. The van der Waals surface area contributed by atoms with Crippen LogP contribution >= 0.6 is 11.6 Å². The highest BCUT2D eigenvalue weighted by atomic mass is 35.5. The minimum absolute atomic E-state index is 0.731. The van der Waals surface area contributed by atoms with Crippen LogP contribution in [0.3, 0.4) is 0 Å². The second kappa shape index (κ2) is 6.67. The van der Waals surface area contributed by atoms with Crippen LogP contribution in [-0.2, 0) is 14.4 Å². The molecular formula is C10H17ClN2O5. The van der Waals surface area contributed by atoms with E-state index in [0.717, 1.165) is 0 Å². The summed E-state index contributed by atoms with van der Waals surface area (Å²) in [6, 6.07) is -1.83. The lowest BCUT2D eigenvalue weighted by atomic mass is 9.77. The molecule has 0 aromatic carbocycles. The number of hydrogen-bond donors (Lipinski definition) is 4. The van der Waals surface area contributed by atoms with Crippen molar-refractivity contribution in [2.45, 2.75) is 25.9 Å². The van der Waals surface area contributed by atoms with Crippen molar-refractivity contribution in [3.63, 3.8) is 0 Å². The zero-order chi connectivity index (χ0) is 14.6. The molecule has 18 heavy (non-hydrogen) atoms. The van der Waals surface area contributed by atoms with E-state index in [2.05, 4.69) is 0 Å². The molecule has 0 aromatic heterocycles. The second-order valence-corrected chi connectivity index (χ2v) is 4.63. The van der Waals surface area contributed by atoms with Crippen LogP contribution < -0.4 is 11.5 Å². The average Bonchev–Trinajstić information content (AvgIpc) is 2.22. The van der Waals surface area contributed by atoms with Crippen LogP contribution in [0.5, 0.6) is 0 Å². The van der Waals surface area contributed by atoms with Gasteiger partial charge in [0.1, 0.15) is 0 Å². The van der Waals surface area contributed by atoms with Gasteiger partial charge in [-0.1, -0.05) is 6.92 Å². The zero-order valence-electron chi connectivity index (χ0n) is 10.0. The predicted octanol–water partition coefficient (Wildman–Crippen LogP) is -0.536. The minimum Gasteiger partial charge on any atom is -0.481 e. The number of carbonyl (C=O) groups is 3. The van der Waals surface area contributed by atoms with E-state index in [-0.39, 0.29) is 0 Å². The number of carboxylic acid groups (broad SMARTS) is 2. The Kier molecular flexibility index (Phi) is 6.23. The standard InChI is InChI=1S/C10H17ClN2O5/c1-3(8(11)14)5(9(15)16)6(10(17)18)7(13)4(2)12/h3-7H,12-13H2,1-2H3,(H,15,16)(H,17,18). The molecule has 0 aliphatic carbocycles. The van der Waals surface area contributed by atoms with Crippen molar-refractivity contribution in [2.75, 3.05) is 0 Å². The van der Waals surface area contributed by atoms with Gasteiger partial charge in [0.05, 0.1) is 11.8 Å². The molecule has 0 amide bonds. The molecule has 0 aliphatic heterocycles. The van der Waals surface area contributed by atoms with Crippen LogP contribution in [0.4, 0.5) is 0 Å². The van der Waals surface area contributed by atoms with Crippen molar-refractivity contribution in [1.29, 1.82) is 0 Å². The van der Waals surface area contributed by atoms with Gasteiger partial charge in [0, 0.05) is 18.0 Å². The highest BCUT2D eigenvalue weighted by Crippen LogP contribution is 2.27. The SMILES string of the molecule is CC(N)C(N)C(C(=O)O)C(C(=O)O)C(C)C(=O)Cl. The maximum Gasteiger partial charge on any atom is 0.309 e. The molecule has 0 radical (unpaired) electrons. The monoisotopic (exact) mass is 280 g/mol. The molecule has 0 spiro atoms. The molecule has 0 bridgehead atoms. The van der Waals surface area contributed by atoms with Crippen LogP contribution in [0.2, 0.25) is 0 Å². The molecule has 0 saturated carbocycles. The lowest BCUT2D eigenvalue weighted by molar-refractivity contribution is -0.157. The molecule has 104 valence electrons. The molecule has 6 N–H and O–H groups in total. The summed E-state index contributed by atoms with van der Waals surface area (Å²) in [5, 5.41) is 17.2. The van der Waals surface area contributed by atoms with Gasteiger partial charge in [-0.15, -0.1) is 0 Å². The highest BCUT2D eigenvalue weighted by molar-refractivity contribution is 6.64. The molecule has 0 aromatic rings. The van der Waals surface area contributed by atoms with Gasteiger partial charge in [-0.3, -0.25) is 14.4 Å². The molecule has 5 unspecified atom stereocenters. The van der Waals surface area contributed by atoms with Gasteiger partial charge >= 0.3 is 11.9 Å². The minimum atomic E-state index is -1.52. The van der Waals surface area contributed by atoms with E-state index in [1.807, 2.05) is 0 Å². The summed E-state index contributed by atoms with van der Waals surface area (Å²) in [6.45, 7) is 2.71. The van der Waals surface area contributed by atoms with Gasteiger partial charge in [0.2, 0.25) is 5.24 Å². The molecule has 7 nitrogen and oxygen atoms in total. The first-order chi connectivity index (χ1) is 8.11. The first kappa shape index (κ1) is 16.8. The first-order valence-electron chi connectivity index (χ1n) is 5.27. The molecule has 0 rings (SSSR count). The topological polar surface area (TPSA) is 144 Å². The van der Waals surface area contributed by atoms with E-state index in [1.165, 1.54) is 13.8 Å². The van der Waals surface area contributed by atoms with Crippen molar-refractivity contribution in [2.24, 2.45) is 29.2 Å². The zero-order valence-corrected chi connectivity index (χ0v) is 10.8. The lowest BCUT2D eigenvalue weighted by Crippen LogP contribution is -2.53. The molecule has 0 saturated heterocycles. The van der Waals surface area contributed by atoms with Crippen LogP contribution in [0, 0.1) is 17.8 Å². The van der Waals surface area contributed by atoms with E-state index in [4.69, 9.17) is 33.3 Å². The van der Waals surface area contributed by atoms with Crippen molar-refractivity contribution >= 4 is 28.8 Å². The average molecular weight is 281 g/mol. The second-order valence-electron chi connectivity index (χ2n) is 4.26. The van der Waals surface area contributed by atoms with E-state index in [0.29, 0.717) is 0 Å². The Bertz CT molecular complexity index is 347. The molecule has 5 atom stereocenters. The molecule has 0 fully saturated rings. The fourth-order valence-corrected chi connectivity index (χ4v) is 1.84. The predicted molar refractivity (Wildman–Crippen MR) is 63.9 cm³/mol. The molecular weight excluding hydrogens is 264 g/mol. The van der Waals surface area contributed by atoms with E-state index >= 15 is 0 Å². The van der Waals surface area contributed by atoms with Gasteiger partial charge < -0.3 is 21.7 Å². The molecule has 8 heteroatoms. The molecule has 0 heterocycles. The van der Waals surface area contributed by atoms with E-state index < -0.39 is 47.0 Å². The molecule has 0 aliphatic rings. The summed E-state index contributed by atoms with van der Waals surface area (Å²) in [4.78, 5) is 33.4. The van der Waals surface area contributed by atoms with Gasteiger partial charge in [-0.05, 0) is 18.5 Å². The van der Waals surface area contributed by atoms with Gasteiger partial charge in [-0.25, -0.2) is 0 Å². The van der Waals surface area contributed by atoms with Crippen molar-refractivity contribution in [1.82, 2.24) is 0 Å². The summed E-state index contributed by atoms with van der Waals surface area (Å²) in [7, 11) is 0. The number of hydrogen-bond acceptors (Lipinski definition) is 5. The Balaban J connectivity index is 5.45. The van der Waals surface area contributed by atoms with Crippen LogP contribution in [0.1, 0.15) is 13.8 Å². The van der Waals surface area contributed by atoms with Gasteiger partial charge in [-0.2, -0.15) is 0 Å². The number of carboxylic acids is 2. The van der Waals surface area contributed by atoms with Crippen molar-refractivity contribution in [3.8, 4) is 0 Å². The summed E-state index contributed by atoms with van der Waals surface area (Å²) >= 11 is 5.23.